The number of alkyl halides is 3. The van der Waals surface area contributed by atoms with Crippen molar-refractivity contribution >= 4 is 23.4 Å². The Bertz CT molecular complexity index is 1090. The van der Waals surface area contributed by atoms with Crippen LogP contribution in [0.3, 0.4) is 0 Å². The van der Waals surface area contributed by atoms with E-state index in [4.69, 9.17) is 11.6 Å². The maximum Gasteiger partial charge on any atom is 0.433 e. The molecule has 1 aliphatic carbocycles. The molecule has 11 heteroatoms. The highest BCUT2D eigenvalue weighted by Crippen LogP contribution is 2.40. The zero-order valence-electron chi connectivity index (χ0n) is 19.3. The summed E-state index contributed by atoms with van der Waals surface area (Å²) in [5.74, 6) is -3.51. The molecule has 1 aromatic heterocycles. The van der Waals surface area contributed by atoms with Crippen molar-refractivity contribution in [2.75, 3.05) is 0 Å². The van der Waals surface area contributed by atoms with Gasteiger partial charge in [0, 0.05) is 30.1 Å². The first-order valence-electron chi connectivity index (χ1n) is 10.9. The van der Waals surface area contributed by atoms with Gasteiger partial charge in [0.25, 0.3) is 0 Å². The van der Waals surface area contributed by atoms with Crippen molar-refractivity contribution in [1.82, 2.24) is 15.6 Å². The summed E-state index contributed by atoms with van der Waals surface area (Å²) in [5.41, 5.74) is -1.68. The molecule has 190 valence electrons. The topological polar surface area (TPSA) is 71.1 Å². The van der Waals surface area contributed by atoms with E-state index in [1.807, 2.05) is 0 Å². The highest BCUT2D eigenvalue weighted by molar-refractivity contribution is 6.30. The van der Waals surface area contributed by atoms with E-state index >= 15 is 0 Å². The molecule has 0 spiro atoms. The SMILES string of the molecule is CC(C)(C)[C@H](NC(=O)C1CC(C(=O)NCc2ccc(C(F)(F)F)nc2)C1)c1c(F)ccc(Cl)c1F. The van der Waals surface area contributed by atoms with Crippen LogP contribution in [0.15, 0.2) is 30.5 Å². The molecule has 0 unspecified atom stereocenters. The molecule has 5 nitrogen and oxygen atoms in total. The van der Waals surface area contributed by atoms with Gasteiger partial charge in [-0.1, -0.05) is 38.4 Å². The molecule has 2 amide bonds. The van der Waals surface area contributed by atoms with Gasteiger partial charge in [-0.25, -0.2) is 8.78 Å². The Hall–Kier alpha value is -2.75. The van der Waals surface area contributed by atoms with Crippen molar-refractivity contribution in [3.8, 4) is 0 Å². The van der Waals surface area contributed by atoms with Gasteiger partial charge in [-0.2, -0.15) is 13.2 Å². The molecular formula is C24H25ClF5N3O2. The van der Waals surface area contributed by atoms with Crippen LogP contribution in [-0.4, -0.2) is 16.8 Å². The second-order valence-corrected chi connectivity index (χ2v) is 10.1. The van der Waals surface area contributed by atoms with Gasteiger partial charge in [-0.3, -0.25) is 14.6 Å². The third kappa shape index (κ3) is 6.28. The van der Waals surface area contributed by atoms with Gasteiger partial charge in [0.1, 0.15) is 17.3 Å². The Labute approximate surface area is 204 Å². The molecule has 35 heavy (non-hydrogen) atoms. The van der Waals surface area contributed by atoms with Gasteiger partial charge in [0.05, 0.1) is 11.1 Å². The first-order valence-corrected chi connectivity index (χ1v) is 11.3. The molecule has 2 N–H and O–H groups in total. The minimum Gasteiger partial charge on any atom is -0.352 e. The molecule has 1 aliphatic rings. The molecule has 1 atom stereocenters. The van der Waals surface area contributed by atoms with Crippen LogP contribution in [0, 0.1) is 28.9 Å². The van der Waals surface area contributed by atoms with E-state index in [1.165, 1.54) is 6.07 Å². The number of nitrogens with zero attached hydrogens (tertiary/aromatic N) is 1. The average Bonchev–Trinajstić information content (AvgIpc) is 2.72. The lowest BCUT2D eigenvalue weighted by Crippen LogP contribution is -2.47. The Morgan fingerprint density at radius 3 is 2.23 bits per heavy atom. The Morgan fingerprint density at radius 2 is 1.69 bits per heavy atom. The smallest absolute Gasteiger partial charge is 0.352 e. The van der Waals surface area contributed by atoms with Crippen LogP contribution < -0.4 is 10.6 Å². The molecule has 1 heterocycles. The average molecular weight is 518 g/mol. The number of rotatable bonds is 6. The van der Waals surface area contributed by atoms with Gasteiger partial charge in [0.15, 0.2) is 0 Å². The van der Waals surface area contributed by atoms with Crippen LogP contribution in [0.5, 0.6) is 0 Å². The fourth-order valence-corrected chi connectivity index (χ4v) is 4.03. The molecule has 2 aromatic rings. The molecule has 3 rings (SSSR count). The van der Waals surface area contributed by atoms with Crippen LogP contribution >= 0.6 is 11.6 Å². The number of hydrogen-bond donors (Lipinski definition) is 2. The number of carbonyl (C=O) groups excluding carboxylic acids is 2. The summed E-state index contributed by atoms with van der Waals surface area (Å²) in [6, 6.07) is 3.22. The van der Waals surface area contributed by atoms with E-state index in [-0.39, 0.29) is 35.9 Å². The largest absolute Gasteiger partial charge is 0.433 e. The summed E-state index contributed by atoms with van der Waals surface area (Å²) < 4.78 is 66.8. The third-order valence-electron chi connectivity index (χ3n) is 5.98. The van der Waals surface area contributed by atoms with Crippen LogP contribution in [0.4, 0.5) is 22.0 Å². The summed E-state index contributed by atoms with van der Waals surface area (Å²) in [6.45, 7) is 5.18. The number of halogens is 6. The second-order valence-electron chi connectivity index (χ2n) is 9.70. The van der Waals surface area contributed by atoms with E-state index in [2.05, 4.69) is 15.6 Å². The van der Waals surface area contributed by atoms with E-state index in [9.17, 15) is 31.5 Å². The maximum absolute atomic E-state index is 14.6. The third-order valence-corrected chi connectivity index (χ3v) is 6.27. The van der Waals surface area contributed by atoms with Crippen LogP contribution in [0.2, 0.25) is 5.02 Å². The Balaban J connectivity index is 1.56. The van der Waals surface area contributed by atoms with Gasteiger partial charge >= 0.3 is 6.18 Å². The highest BCUT2D eigenvalue weighted by atomic mass is 35.5. The number of hydrogen-bond acceptors (Lipinski definition) is 3. The van der Waals surface area contributed by atoms with E-state index in [1.54, 1.807) is 20.8 Å². The van der Waals surface area contributed by atoms with Gasteiger partial charge < -0.3 is 10.6 Å². The van der Waals surface area contributed by atoms with Gasteiger partial charge in [-0.15, -0.1) is 0 Å². The van der Waals surface area contributed by atoms with Crippen molar-refractivity contribution in [2.24, 2.45) is 17.3 Å². The number of carbonyl (C=O) groups is 2. The first kappa shape index (κ1) is 26.8. The monoisotopic (exact) mass is 517 g/mol. The van der Waals surface area contributed by atoms with E-state index < -0.39 is 52.7 Å². The van der Waals surface area contributed by atoms with Crippen LogP contribution in [0.1, 0.15) is 56.5 Å². The zero-order valence-corrected chi connectivity index (χ0v) is 20.0. The predicted octanol–water partition coefficient (Wildman–Crippen LogP) is 5.58. The number of aromatic nitrogens is 1. The predicted molar refractivity (Wildman–Crippen MR) is 119 cm³/mol. The quantitative estimate of drug-likeness (QED) is 0.388. The van der Waals surface area contributed by atoms with Crippen molar-refractivity contribution in [2.45, 2.75) is 52.4 Å². The molecular weight excluding hydrogens is 493 g/mol. The van der Waals surface area contributed by atoms with Crippen molar-refractivity contribution in [3.63, 3.8) is 0 Å². The van der Waals surface area contributed by atoms with Crippen molar-refractivity contribution < 1.29 is 31.5 Å². The minimum atomic E-state index is -4.54. The highest BCUT2D eigenvalue weighted by Gasteiger charge is 2.41. The first-order chi connectivity index (χ1) is 16.2. The fraction of sp³-hybridized carbons (Fsp3) is 0.458. The zero-order chi connectivity index (χ0) is 26.1. The van der Waals surface area contributed by atoms with Gasteiger partial charge in [-0.05, 0) is 42.0 Å². The molecule has 0 saturated heterocycles. The van der Waals surface area contributed by atoms with Crippen LogP contribution in [0.25, 0.3) is 0 Å². The number of nitrogens with one attached hydrogen (secondary N) is 2. The molecule has 1 saturated carbocycles. The molecule has 0 aliphatic heterocycles. The van der Waals surface area contributed by atoms with Gasteiger partial charge in [0.2, 0.25) is 11.8 Å². The molecule has 1 aromatic carbocycles. The normalized spacial score (nSPS) is 19.0. The number of benzene rings is 1. The fourth-order valence-electron chi connectivity index (χ4n) is 3.87. The summed E-state index contributed by atoms with van der Waals surface area (Å²) >= 11 is 5.82. The maximum atomic E-state index is 14.6. The Kier molecular flexibility index (Phi) is 7.74. The van der Waals surface area contributed by atoms with E-state index in [0.29, 0.717) is 5.56 Å². The Morgan fingerprint density at radius 1 is 1.06 bits per heavy atom. The lowest BCUT2D eigenvalue weighted by atomic mass is 9.73. The lowest BCUT2D eigenvalue weighted by molar-refractivity contribution is -0.141. The van der Waals surface area contributed by atoms with E-state index in [0.717, 1.165) is 24.4 Å². The number of pyridine rings is 1. The van der Waals surface area contributed by atoms with Crippen LogP contribution in [-0.2, 0) is 22.3 Å². The standard InChI is InChI=1S/C24H25ClF5N3O2/c1-23(2,3)20(18-16(26)6-5-15(25)19(18)27)33-22(35)14-8-13(9-14)21(34)32-11-12-4-7-17(31-10-12)24(28,29)30/h4-7,10,13-14,20H,8-9,11H2,1-3H3,(H,32,34)(H,33,35)/t13?,14?,20-/m1/s1. The summed E-state index contributed by atoms with van der Waals surface area (Å²) in [7, 11) is 0. The molecule has 0 radical (unpaired) electrons. The molecule has 1 fully saturated rings. The second kappa shape index (κ2) is 10.1. The number of amides is 2. The summed E-state index contributed by atoms with van der Waals surface area (Å²) in [5, 5.41) is 5.08. The summed E-state index contributed by atoms with van der Waals surface area (Å²) in [4.78, 5) is 28.5. The summed E-state index contributed by atoms with van der Waals surface area (Å²) in [6.07, 6.45) is -3.03. The molecule has 0 bridgehead atoms. The van der Waals surface area contributed by atoms with Crippen molar-refractivity contribution in [1.29, 1.82) is 0 Å². The lowest BCUT2D eigenvalue weighted by Gasteiger charge is -2.37. The minimum absolute atomic E-state index is 0.00322. The van der Waals surface area contributed by atoms with Crippen molar-refractivity contribution in [3.05, 3.63) is 63.9 Å².